The van der Waals surface area contributed by atoms with Gasteiger partial charge in [0.2, 0.25) is 0 Å². The first-order valence-corrected chi connectivity index (χ1v) is 3.69. The van der Waals surface area contributed by atoms with E-state index in [9.17, 15) is 4.79 Å². The third-order valence-electron chi connectivity index (χ3n) is 1.30. The Kier molecular flexibility index (Phi) is 5.78. The SMILES string of the molecule is CCN(C)CNCOC(C)=O. The fraction of sp³-hybridized carbons (Fsp3) is 0.857. The van der Waals surface area contributed by atoms with Crippen molar-refractivity contribution in [2.45, 2.75) is 13.8 Å². The Morgan fingerprint density at radius 3 is 2.73 bits per heavy atom. The molecule has 0 fully saturated rings. The third-order valence-corrected chi connectivity index (χ3v) is 1.30. The zero-order chi connectivity index (χ0) is 8.69. The van der Waals surface area contributed by atoms with Gasteiger partial charge >= 0.3 is 5.97 Å². The van der Waals surface area contributed by atoms with Crippen LogP contribution in [0.4, 0.5) is 0 Å². The molecule has 0 bridgehead atoms. The number of nitrogens with one attached hydrogen (secondary N) is 1. The molecule has 0 atom stereocenters. The second kappa shape index (κ2) is 6.12. The Labute approximate surface area is 67.5 Å². The predicted octanol–water partition coefficient (Wildman–Crippen LogP) is 0.00580. The molecule has 0 aliphatic carbocycles. The van der Waals surface area contributed by atoms with Gasteiger partial charge in [-0.3, -0.25) is 15.0 Å². The summed E-state index contributed by atoms with van der Waals surface area (Å²) < 4.78 is 4.66. The summed E-state index contributed by atoms with van der Waals surface area (Å²) in [6, 6.07) is 0. The molecule has 0 radical (unpaired) electrons. The summed E-state index contributed by atoms with van der Waals surface area (Å²) in [5, 5.41) is 2.95. The molecule has 4 heteroatoms. The van der Waals surface area contributed by atoms with E-state index in [1.54, 1.807) is 0 Å². The van der Waals surface area contributed by atoms with Gasteiger partial charge in [-0.15, -0.1) is 0 Å². The highest BCUT2D eigenvalue weighted by Crippen LogP contribution is 1.76. The maximum atomic E-state index is 10.3. The fourth-order valence-electron chi connectivity index (χ4n) is 0.501. The molecule has 0 aromatic heterocycles. The van der Waals surface area contributed by atoms with E-state index in [2.05, 4.69) is 21.9 Å². The van der Waals surface area contributed by atoms with Gasteiger partial charge in [0.25, 0.3) is 0 Å². The zero-order valence-corrected chi connectivity index (χ0v) is 7.39. The molecule has 0 aromatic carbocycles. The van der Waals surface area contributed by atoms with Crippen LogP contribution in [0.2, 0.25) is 0 Å². The van der Waals surface area contributed by atoms with Crippen molar-refractivity contribution in [3.63, 3.8) is 0 Å². The van der Waals surface area contributed by atoms with Crippen LogP contribution in [0.1, 0.15) is 13.8 Å². The molecular weight excluding hydrogens is 144 g/mol. The second-order valence-electron chi connectivity index (χ2n) is 2.36. The second-order valence-corrected chi connectivity index (χ2v) is 2.36. The van der Waals surface area contributed by atoms with Crippen LogP contribution >= 0.6 is 0 Å². The van der Waals surface area contributed by atoms with Crippen LogP contribution in [-0.4, -0.2) is 37.9 Å². The number of hydrogen-bond acceptors (Lipinski definition) is 4. The normalized spacial score (nSPS) is 10.2. The topological polar surface area (TPSA) is 41.6 Å². The van der Waals surface area contributed by atoms with Gasteiger partial charge in [0, 0.05) is 6.92 Å². The Balaban J connectivity index is 3.08. The van der Waals surface area contributed by atoms with Crippen molar-refractivity contribution in [2.75, 3.05) is 27.0 Å². The highest BCUT2D eigenvalue weighted by molar-refractivity contribution is 5.65. The minimum atomic E-state index is -0.253. The number of ether oxygens (including phenoxy) is 1. The largest absolute Gasteiger partial charge is 0.450 e. The Bertz CT molecular complexity index is 117. The van der Waals surface area contributed by atoms with Crippen molar-refractivity contribution >= 4 is 5.97 Å². The average Bonchev–Trinajstić information content (AvgIpc) is 1.97. The molecule has 4 nitrogen and oxygen atoms in total. The highest BCUT2D eigenvalue weighted by Gasteiger charge is 1.93. The summed E-state index contributed by atoms with van der Waals surface area (Å²) in [5.74, 6) is -0.253. The van der Waals surface area contributed by atoms with E-state index in [0.717, 1.165) is 13.2 Å². The number of esters is 1. The van der Waals surface area contributed by atoms with Crippen molar-refractivity contribution in [3.8, 4) is 0 Å². The predicted molar refractivity (Wildman–Crippen MR) is 42.9 cm³/mol. The summed E-state index contributed by atoms with van der Waals surface area (Å²) in [6.07, 6.45) is 0. The summed E-state index contributed by atoms with van der Waals surface area (Å²) in [4.78, 5) is 12.4. The summed E-state index contributed by atoms with van der Waals surface area (Å²) in [5.41, 5.74) is 0. The van der Waals surface area contributed by atoms with Gasteiger partial charge < -0.3 is 4.74 Å². The van der Waals surface area contributed by atoms with Crippen LogP contribution in [0.15, 0.2) is 0 Å². The molecule has 0 rings (SSSR count). The number of carbonyl (C=O) groups excluding carboxylic acids is 1. The van der Waals surface area contributed by atoms with E-state index in [0.29, 0.717) is 6.73 Å². The first kappa shape index (κ1) is 10.4. The monoisotopic (exact) mass is 160 g/mol. The van der Waals surface area contributed by atoms with E-state index in [4.69, 9.17) is 0 Å². The first-order chi connectivity index (χ1) is 5.16. The highest BCUT2D eigenvalue weighted by atomic mass is 16.5. The summed E-state index contributed by atoms with van der Waals surface area (Å²) in [7, 11) is 1.99. The van der Waals surface area contributed by atoms with Crippen LogP contribution in [0.3, 0.4) is 0 Å². The molecule has 0 aromatic rings. The maximum absolute atomic E-state index is 10.3. The number of carbonyl (C=O) groups is 1. The Morgan fingerprint density at radius 1 is 1.64 bits per heavy atom. The minimum Gasteiger partial charge on any atom is -0.450 e. The van der Waals surface area contributed by atoms with Gasteiger partial charge in [0.1, 0.15) is 6.73 Å². The summed E-state index contributed by atoms with van der Waals surface area (Å²) >= 11 is 0. The lowest BCUT2D eigenvalue weighted by atomic mass is 10.6. The average molecular weight is 160 g/mol. The lowest BCUT2D eigenvalue weighted by molar-refractivity contribution is -0.141. The van der Waals surface area contributed by atoms with Crippen molar-refractivity contribution in [1.29, 1.82) is 0 Å². The molecule has 0 unspecified atom stereocenters. The van der Waals surface area contributed by atoms with E-state index in [-0.39, 0.29) is 5.97 Å². The molecule has 0 amide bonds. The zero-order valence-electron chi connectivity index (χ0n) is 7.39. The molecule has 0 spiro atoms. The first-order valence-electron chi connectivity index (χ1n) is 3.69. The van der Waals surface area contributed by atoms with Crippen LogP contribution in [0.25, 0.3) is 0 Å². The molecule has 0 saturated heterocycles. The van der Waals surface area contributed by atoms with Gasteiger partial charge in [-0.2, -0.15) is 0 Å². The lowest BCUT2D eigenvalue weighted by Crippen LogP contribution is -2.32. The molecule has 11 heavy (non-hydrogen) atoms. The number of nitrogens with zero attached hydrogens (tertiary/aromatic N) is 1. The quantitative estimate of drug-likeness (QED) is 0.349. The van der Waals surface area contributed by atoms with Gasteiger partial charge in [0.05, 0.1) is 6.67 Å². The van der Waals surface area contributed by atoms with Gasteiger partial charge in [-0.05, 0) is 13.6 Å². The van der Waals surface area contributed by atoms with Gasteiger partial charge in [-0.1, -0.05) is 6.92 Å². The lowest BCUT2D eigenvalue weighted by Gasteiger charge is -2.13. The molecule has 0 heterocycles. The third kappa shape index (κ3) is 7.29. The minimum absolute atomic E-state index is 0.253. The Morgan fingerprint density at radius 2 is 2.27 bits per heavy atom. The molecule has 0 aliphatic rings. The number of hydrogen-bond donors (Lipinski definition) is 1. The van der Waals surface area contributed by atoms with Crippen molar-refractivity contribution in [3.05, 3.63) is 0 Å². The smallest absolute Gasteiger partial charge is 0.303 e. The number of rotatable bonds is 5. The van der Waals surface area contributed by atoms with E-state index in [1.807, 2.05) is 7.05 Å². The van der Waals surface area contributed by atoms with Gasteiger partial charge in [-0.25, -0.2) is 0 Å². The maximum Gasteiger partial charge on any atom is 0.303 e. The Hall–Kier alpha value is -0.610. The molecule has 0 aliphatic heterocycles. The van der Waals surface area contributed by atoms with Crippen LogP contribution in [0.5, 0.6) is 0 Å². The fourth-order valence-corrected chi connectivity index (χ4v) is 0.501. The molecule has 1 N–H and O–H groups in total. The van der Waals surface area contributed by atoms with Gasteiger partial charge in [0.15, 0.2) is 0 Å². The van der Waals surface area contributed by atoms with E-state index < -0.39 is 0 Å². The summed E-state index contributed by atoms with van der Waals surface area (Å²) in [6.45, 7) is 5.47. The molecule has 66 valence electrons. The van der Waals surface area contributed by atoms with Crippen molar-refractivity contribution in [2.24, 2.45) is 0 Å². The van der Waals surface area contributed by atoms with Crippen molar-refractivity contribution in [1.82, 2.24) is 10.2 Å². The van der Waals surface area contributed by atoms with E-state index >= 15 is 0 Å². The standard InChI is InChI=1S/C7H16N2O2/c1-4-9(3)5-8-6-11-7(2)10/h8H,4-6H2,1-3H3. The van der Waals surface area contributed by atoms with Crippen LogP contribution in [0, 0.1) is 0 Å². The van der Waals surface area contributed by atoms with E-state index in [1.165, 1.54) is 6.92 Å². The van der Waals surface area contributed by atoms with Crippen LogP contribution < -0.4 is 5.32 Å². The molecular formula is C7H16N2O2. The molecule has 0 saturated carbocycles. The van der Waals surface area contributed by atoms with Crippen molar-refractivity contribution < 1.29 is 9.53 Å². The van der Waals surface area contributed by atoms with Crippen LogP contribution in [-0.2, 0) is 9.53 Å².